The van der Waals surface area contributed by atoms with Crippen molar-refractivity contribution in [2.75, 3.05) is 6.54 Å². The van der Waals surface area contributed by atoms with Gasteiger partial charge in [-0.05, 0) is 13.3 Å². The van der Waals surface area contributed by atoms with E-state index < -0.39 is 0 Å². The normalized spacial score (nSPS) is 18.7. The highest BCUT2D eigenvalue weighted by Gasteiger charge is 2.27. The van der Waals surface area contributed by atoms with Crippen LogP contribution in [0.1, 0.15) is 19.3 Å². The summed E-state index contributed by atoms with van der Waals surface area (Å²) in [5, 5.41) is 0. The van der Waals surface area contributed by atoms with E-state index >= 15 is 0 Å². The molecule has 2 radical (unpaired) electrons. The van der Waals surface area contributed by atoms with E-state index in [2.05, 4.69) is 0 Å². The number of rotatable bonds is 2. The molecule has 1 aliphatic heterocycles. The van der Waals surface area contributed by atoms with Gasteiger partial charge in [-0.2, -0.15) is 0 Å². The fourth-order valence-electron chi connectivity index (χ4n) is 1.00. The number of imide groups is 1. The molecule has 1 aliphatic rings. The Morgan fingerprint density at radius 3 is 2.20 bits per heavy atom. The summed E-state index contributed by atoms with van der Waals surface area (Å²) in [4.78, 5) is 22.9. The van der Waals surface area contributed by atoms with Gasteiger partial charge in [-0.1, -0.05) is 0 Å². The van der Waals surface area contributed by atoms with Crippen molar-refractivity contribution in [1.29, 1.82) is 0 Å². The molecule has 10 heavy (non-hydrogen) atoms. The molecule has 0 spiro atoms. The molecule has 0 N–H and O–H groups in total. The minimum atomic E-state index is -0.0875. The van der Waals surface area contributed by atoms with Gasteiger partial charge in [-0.3, -0.25) is 14.5 Å². The first kappa shape index (κ1) is 7.25. The zero-order valence-corrected chi connectivity index (χ0v) is 5.67. The highest BCUT2D eigenvalue weighted by molar-refractivity contribution is 6.01. The number of hydrogen-bond acceptors (Lipinski definition) is 2. The Morgan fingerprint density at radius 2 is 1.80 bits per heavy atom. The molecule has 1 fully saturated rings. The molecule has 0 aliphatic carbocycles. The van der Waals surface area contributed by atoms with Gasteiger partial charge >= 0.3 is 0 Å². The smallest absolute Gasteiger partial charge is 0.229 e. The van der Waals surface area contributed by atoms with E-state index in [-0.39, 0.29) is 11.8 Å². The van der Waals surface area contributed by atoms with E-state index in [1.807, 2.05) is 0 Å². The van der Waals surface area contributed by atoms with E-state index in [1.165, 1.54) is 4.90 Å². The van der Waals surface area contributed by atoms with Crippen LogP contribution in [-0.4, -0.2) is 23.3 Å². The molecule has 0 atom stereocenters. The molecule has 1 rings (SSSR count). The highest BCUT2D eigenvalue weighted by Crippen LogP contribution is 2.11. The maximum absolute atomic E-state index is 10.8. The molecular formula is C7H9NO2. The number of carbonyl (C=O) groups is 2. The van der Waals surface area contributed by atoms with Gasteiger partial charge in [0.1, 0.15) is 0 Å². The Labute approximate surface area is 60.0 Å². The lowest BCUT2D eigenvalue weighted by atomic mass is 10.4. The van der Waals surface area contributed by atoms with Gasteiger partial charge in [-0.25, -0.2) is 0 Å². The predicted molar refractivity (Wildman–Crippen MR) is 34.9 cm³/mol. The fraction of sp³-hybridized carbons (Fsp3) is 0.571. The first-order valence-corrected chi connectivity index (χ1v) is 3.29. The summed E-state index contributed by atoms with van der Waals surface area (Å²) < 4.78 is 0. The predicted octanol–water partition coefficient (Wildman–Crippen LogP) is 0.237. The minimum absolute atomic E-state index is 0.0875. The number of carbonyl (C=O) groups excluding carboxylic acids is 2. The van der Waals surface area contributed by atoms with E-state index in [4.69, 9.17) is 6.92 Å². The minimum Gasteiger partial charge on any atom is -0.283 e. The van der Waals surface area contributed by atoms with Crippen LogP contribution in [0.3, 0.4) is 0 Å². The molecule has 0 saturated carbocycles. The van der Waals surface area contributed by atoms with Crippen LogP contribution in [0.4, 0.5) is 0 Å². The van der Waals surface area contributed by atoms with Gasteiger partial charge in [0, 0.05) is 19.4 Å². The Kier molecular flexibility index (Phi) is 2.04. The monoisotopic (exact) mass is 139 g/mol. The quantitative estimate of drug-likeness (QED) is 0.514. The Balaban J connectivity index is 2.54. The molecule has 1 heterocycles. The molecule has 0 aromatic carbocycles. The summed E-state index contributed by atoms with van der Waals surface area (Å²) in [7, 11) is 0. The van der Waals surface area contributed by atoms with Gasteiger partial charge in [0.2, 0.25) is 11.8 Å². The van der Waals surface area contributed by atoms with Crippen molar-refractivity contribution in [3.8, 4) is 0 Å². The van der Waals surface area contributed by atoms with Gasteiger partial charge in [0.25, 0.3) is 0 Å². The first-order valence-electron chi connectivity index (χ1n) is 3.29. The topological polar surface area (TPSA) is 37.4 Å². The fourth-order valence-corrected chi connectivity index (χ4v) is 1.00. The van der Waals surface area contributed by atoms with Crippen molar-refractivity contribution < 1.29 is 9.59 Å². The number of nitrogens with zero attached hydrogens (tertiary/aromatic N) is 1. The van der Waals surface area contributed by atoms with Crippen molar-refractivity contribution in [1.82, 2.24) is 4.90 Å². The van der Waals surface area contributed by atoms with Crippen molar-refractivity contribution in [2.24, 2.45) is 0 Å². The van der Waals surface area contributed by atoms with Crippen LogP contribution in [0.25, 0.3) is 0 Å². The van der Waals surface area contributed by atoms with Crippen molar-refractivity contribution in [2.45, 2.75) is 19.3 Å². The third-order valence-corrected chi connectivity index (χ3v) is 1.51. The van der Waals surface area contributed by atoms with Crippen molar-refractivity contribution in [3.63, 3.8) is 0 Å². The molecule has 3 heteroatoms. The van der Waals surface area contributed by atoms with Crippen LogP contribution in [0.15, 0.2) is 0 Å². The summed E-state index contributed by atoms with van der Waals surface area (Å²) in [6, 6.07) is 0. The van der Waals surface area contributed by atoms with E-state index in [0.717, 1.165) is 0 Å². The van der Waals surface area contributed by atoms with E-state index in [1.54, 1.807) is 0 Å². The summed E-state index contributed by atoms with van der Waals surface area (Å²) in [6.45, 7) is 5.56. The standard InChI is InChI=1S/C7H9NO2/c1-2-5-8-6(9)3-4-7(8)10/h1H,2-5H2. The maximum atomic E-state index is 10.8. The second-order valence-electron chi connectivity index (χ2n) is 2.23. The van der Waals surface area contributed by atoms with Crippen LogP contribution < -0.4 is 0 Å². The van der Waals surface area contributed by atoms with Gasteiger partial charge in [0.15, 0.2) is 0 Å². The molecule has 0 aromatic heterocycles. The SMILES string of the molecule is [CH]CCN1C(=O)CCC1=O. The van der Waals surface area contributed by atoms with Crippen molar-refractivity contribution >= 4 is 11.8 Å². The lowest BCUT2D eigenvalue weighted by Gasteiger charge is -2.10. The first-order chi connectivity index (χ1) is 4.75. The number of amides is 2. The van der Waals surface area contributed by atoms with Gasteiger partial charge < -0.3 is 0 Å². The van der Waals surface area contributed by atoms with Crippen LogP contribution in [0, 0.1) is 6.92 Å². The van der Waals surface area contributed by atoms with Crippen LogP contribution >= 0.6 is 0 Å². The lowest BCUT2D eigenvalue weighted by Crippen LogP contribution is -2.29. The average Bonchev–Trinajstić information content (AvgIpc) is 2.20. The number of likely N-dealkylation sites (tertiary alicyclic amines) is 1. The molecule has 2 amide bonds. The molecule has 0 unspecified atom stereocenters. The largest absolute Gasteiger partial charge is 0.283 e. The molecule has 0 bridgehead atoms. The summed E-state index contributed by atoms with van der Waals surface area (Å²) in [5.74, 6) is -0.175. The molecule has 0 aromatic rings. The molecule has 54 valence electrons. The highest BCUT2D eigenvalue weighted by atomic mass is 16.2. The second kappa shape index (κ2) is 2.82. The second-order valence-corrected chi connectivity index (χ2v) is 2.23. The molecule has 1 saturated heterocycles. The van der Waals surface area contributed by atoms with Gasteiger partial charge in [0.05, 0.1) is 0 Å². The Hall–Kier alpha value is -0.860. The molecule has 3 nitrogen and oxygen atoms in total. The zero-order chi connectivity index (χ0) is 7.56. The van der Waals surface area contributed by atoms with Gasteiger partial charge in [-0.15, -0.1) is 0 Å². The lowest BCUT2D eigenvalue weighted by molar-refractivity contribution is -0.138. The van der Waals surface area contributed by atoms with Crippen molar-refractivity contribution in [3.05, 3.63) is 6.92 Å². The Bertz CT molecular complexity index is 149. The average molecular weight is 139 g/mol. The summed E-state index contributed by atoms with van der Waals surface area (Å²) >= 11 is 0. The van der Waals surface area contributed by atoms with E-state index in [0.29, 0.717) is 25.8 Å². The van der Waals surface area contributed by atoms with Crippen LogP contribution in [-0.2, 0) is 9.59 Å². The maximum Gasteiger partial charge on any atom is 0.229 e. The third kappa shape index (κ3) is 1.17. The van der Waals surface area contributed by atoms with Crippen LogP contribution in [0.5, 0.6) is 0 Å². The summed E-state index contributed by atoms with van der Waals surface area (Å²) in [5.41, 5.74) is 0. The van der Waals surface area contributed by atoms with E-state index in [9.17, 15) is 9.59 Å². The number of hydrogen-bond donors (Lipinski definition) is 0. The third-order valence-electron chi connectivity index (χ3n) is 1.51. The Morgan fingerprint density at radius 1 is 1.30 bits per heavy atom. The molecular weight excluding hydrogens is 130 g/mol. The summed E-state index contributed by atoms with van der Waals surface area (Å²) in [6.07, 6.45) is 1.08. The zero-order valence-electron chi connectivity index (χ0n) is 5.67. The van der Waals surface area contributed by atoms with Crippen LogP contribution in [0.2, 0.25) is 0 Å².